The van der Waals surface area contributed by atoms with Crippen molar-refractivity contribution in [3.63, 3.8) is 0 Å². The van der Waals surface area contributed by atoms with Crippen molar-refractivity contribution in [1.29, 1.82) is 0 Å². The number of pyridine rings is 1. The number of nitrogens with zero attached hydrogens (tertiary/aromatic N) is 3. The molecule has 1 fully saturated rings. The Kier molecular flexibility index (Phi) is 6.14. The lowest BCUT2D eigenvalue weighted by Gasteiger charge is -2.15. The second-order valence-electron chi connectivity index (χ2n) is 7.43. The molecule has 0 bridgehead atoms. The normalized spacial score (nSPS) is 16.1. The van der Waals surface area contributed by atoms with Crippen LogP contribution in [0.4, 0.5) is 5.69 Å². The lowest BCUT2D eigenvalue weighted by atomic mass is 10.2. The standard InChI is InChI=1S/C22H19ClN4O3S2/c23-13-4-1-5-14(10-13)25-17(28)12-31-22-26-18-16-7-2-8-24-20(16)32-19(18)21(29)27(22)11-15-6-3-9-30-15/h1-2,4-5,7-8,10,15H,3,6,9,11-12H2,(H,25,28). The Balaban J connectivity index is 1.47. The number of anilines is 1. The van der Waals surface area contributed by atoms with Crippen molar-refractivity contribution in [2.75, 3.05) is 17.7 Å². The Morgan fingerprint density at radius 2 is 2.25 bits per heavy atom. The molecule has 0 saturated carbocycles. The fourth-order valence-corrected chi connectivity index (χ4v) is 5.72. The molecule has 1 aliphatic rings. The van der Waals surface area contributed by atoms with Gasteiger partial charge in [-0.1, -0.05) is 29.4 Å². The van der Waals surface area contributed by atoms with E-state index in [4.69, 9.17) is 21.3 Å². The maximum absolute atomic E-state index is 13.4. The zero-order chi connectivity index (χ0) is 22.1. The molecule has 3 aromatic heterocycles. The van der Waals surface area contributed by atoms with Crippen LogP contribution in [0, 0.1) is 0 Å². The van der Waals surface area contributed by atoms with Gasteiger partial charge in [-0.2, -0.15) is 0 Å². The van der Waals surface area contributed by atoms with E-state index in [0.717, 1.165) is 23.1 Å². The largest absolute Gasteiger partial charge is 0.376 e. The highest BCUT2D eigenvalue weighted by molar-refractivity contribution is 7.99. The van der Waals surface area contributed by atoms with Crippen molar-refractivity contribution in [3.8, 4) is 0 Å². The third-order valence-corrected chi connectivity index (χ3v) is 7.47. The molecular weight excluding hydrogens is 468 g/mol. The van der Waals surface area contributed by atoms with E-state index in [1.807, 2.05) is 12.1 Å². The molecule has 164 valence electrons. The molecule has 7 nitrogen and oxygen atoms in total. The maximum Gasteiger partial charge on any atom is 0.272 e. The van der Waals surface area contributed by atoms with Crippen LogP contribution in [0.3, 0.4) is 0 Å². The summed E-state index contributed by atoms with van der Waals surface area (Å²) in [5.74, 6) is -0.0943. The molecule has 0 aliphatic carbocycles. The number of rotatable bonds is 6. The summed E-state index contributed by atoms with van der Waals surface area (Å²) in [6, 6.07) is 10.7. The molecule has 5 rings (SSSR count). The van der Waals surface area contributed by atoms with Gasteiger partial charge in [0.15, 0.2) is 5.16 Å². The van der Waals surface area contributed by atoms with Crippen LogP contribution in [0.25, 0.3) is 20.4 Å². The molecule has 1 saturated heterocycles. The highest BCUT2D eigenvalue weighted by Crippen LogP contribution is 2.31. The molecule has 4 heterocycles. The third kappa shape index (κ3) is 4.38. The molecule has 1 aromatic carbocycles. The number of carbonyl (C=O) groups is 1. The number of nitrogens with one attached hydrogen (secondary N) is 1. The van der Waals surface area contributed by atoms with Crippen molar-refractivity contribution >= 4 is 66.7 Å². The Morgan fingerprint density at radius 1 is 1.34 bits per heavy atom. The number of fused-ring (bicyclic) bond motifs is 3. The number of halogens is 1. The predicted molar refractivity (Wildman–Crippen MR) is 129 cm³/mol. The quantitative estimate of drug-likeness (QED) is 0.317. The summed E-state index contributed by atoms with van der Waals surface area (Å²) in [5, 5.41) is 4.73. The van der Waals surface area contributed by atoms with E-state index >= 15 is 0 Å². The molecule has 4 aromatic rings. The molecule has 0 spiro atoms. The van der Waals surface area contributed by atoms with Crippen LogP contribution in [0.5, 0.6) is 0 Å². The summed E-state index contributed by atoms with van der Waals surface area (Å²) in [7, 11) is 0. The first-order chi connectivity index (χ1) is 15.6. The molecule has 1 N–H and O–H groups in total. The summed E-state index contributed by atoms with van der Waals surface area (Å²) in [4.78, 5) is 35.9. The van der Waals surface area contributed by atoms with E-state index < -0.39 is 0 Å². The van der Waals surface area contributed by atoms with Crippen molar-refractivity contribution in [3.05, 3.63) is 58.0 Å². The highest BCUT2D eigenvalue weighted by atomic mass is 35.5. The molecular formula is C22H19ClN4O3S2. The number of hydrogen-bond acceptors (Lipinski definition) is 7. The molecule has 32 heavy (non-hydrogen) atoms. The second kappa shape index (κ2) is 9.19. The molecule has 1 atom stereocenters. The number of thioether (sulfide) groups is 1. The van der Waals surface area contributed by atoms with Crippen molar-refractivity contribution in [2.24, 2.45) is 0 Å². The van der Waals surface area contributed by atoms with Gasteiger partial charge in [-0.3, -0.25) is 14.2 Å². The van der Waals surface area contributed by atoms with Crippen LogP contribution in [0.15, 0.2) is 52.5 Å². The SMILES string of the molecule is O=C(CSc1nc2c(sc3ncccc32)c(=O)n1CC1CCCO1)Nc1cccc(Cl)c1. The van der Waals surface area contributed by atoms with Crippen LogP contribution >= 0.6 is 34.7 Å². The van der Waals surface area contributed by atoms with Gasteiger partial charge in [0.1, 0.15) is 9.53 Å². The Hall–Kier alpha value is -2.46. The van der Waals surface area contributed by atoms with Crippen LogP contribution in [-0.2, 0) is 16.1 Å². The van der Waals surface area contributed by atoms with Crippen LogP contribution in [0.2, 0.25) is 5.02 Å². The first-order valence-corrected chi connectivity index (χ1v) is 12.3. The minimum atomic E-state index is -0.202. The van der Waals surface area contributed by atoms with Gasteiger partial charge in [-0.15, -0.1) is 11.3 Å². The second-order valence-corrected chi connectivity index (χ2v) is 9.81. The average molecular weight is 487 g/mol. The smallest absolute Gasteiger partial charge is 0.272 e. The molecule has 1 unspecified atom stereocenters. The fraction of sp³-hybridized carbons (Fsp3) is 0.273. The maximum atomic E-state index is 13.4. The Bertz CT molecular complexity index is 1360. The van der Waals surface area contributed by atoms with E-state index in [-0.39, 0.29) is 23.3 Å². The van der Waals surface area contributed by atoms with E-state index in [9.17, 15) is 9.59 Å². The van der Waals surface area contributed by atoms with E-state index in [1.165, 1.54) is 23.1 Å². The zero-order valence-corrected chi connectivity index (χ0v) is 19.3. The van der Waals surface area contributed by atoms with Crippen LogP contribution in [-0.4, -0.2) is 38.9 Å². The zero-order valence-electron chi connectivity index (χ0n) is 16.9. The van der Waals surface area contributed by atoms with Gasteiger partial charge in [-0.25, -0.2) is 9.97 Å². The Labute approximate surface area is 196 Å². The molecule has 10 heteroatoms. The first kappa shape index (κ1) is 21.4. The topological polar surface area (TPSA) is 86.1 Å². The lowest BCUT2D eigenvalue weighted by Crippen LogP contribution is -2.28. The van der Waals surface area contributed by atoms with Gasteiger partial charge in [0.05, 0.1) is 23.9 Å². The van der Waals surface area contributed by atoms with E-state index in [1.54, 1.807) is 35.0 Å². The molecule has 0 radical (unpaired) electrons. The van der Waals surface area contributed by atoms with Crippen molar-refractivity contribution in [2.45, 2.75) is 30.6 Å². The highest BCUT2D eigenvalue weighted by Gasteiger charge is 2.22. The number of thiophene rings is 1. The van der Waals surface area contributed by atoms with Gasteiger partial charge in [0.25, 0.3) is 5.56 Å². The number of carbonyl (C=O) groups excluding carboxylic acids is 1. The molecule has 1 aliphatic heterocycles. The Morgan fingerprint density at radius 3 is 3.06 bits per heavy atom. The monoisotopic (exact) mass is 486 g/mol. The number of benzene rings is 1. The van der Waals surface area contributed by atoms with Crippen molar-refractivity contribution in [1.82, 2.24) is 14.5 Å². The summed E-state index contributed by atoms with van der Waals surface area (Å²) in [6.45, 7) is 1.12. The third-order valence-electron chi connectivity index (χ3n) is 5.17. The minimum Gasteiger partial charge on any atom is -0.376 e. The number of ether oxygens (including phenoxy) is 1. The van der Waals surface area contributed by atoms with Crippen LogP contribution in [0.1, 0.15) is 12.8 Å². The van der Waals surface area contributed by atoms with Gasteiger partial charge in [0, 0.05) is 28.9 Å². The van der Waals surface area contributed by atoms with Crippen LogP contribution < -0.4 is 10.9 Å². The predicted octanol–water partition coefficient (Wildman–Crippen LogP) is 4.57. The average Bonchev–Trinajstić information content (AvgIpc) is 3.42. The number of aromatic nitrogens is 3. The molecule has 1 amide bonds. The summed E-state index contributed by atoms with van der Waals surface area (Å²) in [6.07, 6.45) is 3.56. The van der Waals surface area contributed by atoms with Gasteiger partial charge in [0.2, 0.25) is 5.91 Å². The van der Waals surface area contributed by atoms with Gasteiger partial charge >= 0.3 is 0 Å². The summed E-state index contributed by atoms with van der Waals surface area (Å²) >= 11 is 8.58. The van der Waals surface area contributed by atoms with Gasteiger partial charge in [-0.05, 0) is 43.2 Å². The van der Waals surface area contributed by atoms with E-state index in [2.05, 4.69) is 10.3 Å². The number of hydrogen-bond donors (Lipinski definition) is 1. The fourth-order valence-electron chi connectivity index (χ4n) is 3.70. The number of amides is 1. The lowest BCUT2D eigenvalue weighted by molar-refractivity contribution is -0.113. The van der Waals surface area contributed by atoms with E-state index in [0.29, 0.717) is 39.2 Å². The minimum absolute atomic E-state index is 0.0286. The summed E-state index contributed by atoms with van der Waals surface area (Å²) < 4.78 is 7.97. The van der Waals surface area contributed by atoms with Gasteiger partial charge < -0.3 is 10.1 Å². The summed E-state index contributed by atoms with van der Waals surface area (Å²) in [5.41, 5.74) is 1.13. The van der Waals surface area contributed by atoms with Crippen molar-refractivity contribution < 1.29 is 9.53 Å². The first-order valence-electron chi connectivity index (χ1n) is 10.2.